The number of rotatable bonds is 4. The van der Waals surface area contributed by atoms with E-state index in [1.807, 2.05) is 0 Å². The van der Waals surface area contributed by atoms with Crippen LogP contribution >= 0.6 is 0 Å². The monoisotopic (exact) mass is 275 g/mol. The molecule has 0 aliphatic carbocycles. The fourth-order valence-electron chi connectivity index (χ4n) is 2.32. The average Bonchev–Trinajstić information content (AvgIpc) is 2.74. The van der Waals surface area contributed by atoms with Crippen LogP contribution in [0.2, 0.25) is 0 Å². The lowest BCUT2D eigenvalue weighted by molar-refractivity contribution is -0.120. The maximum Gasteiger partial charge on any atom is 0.257 e. The van der Waals surface area contributed by atoms with Crippen molar-refractivity contribution in [3.63, 3.8) is 0 Å². The van der Waals surface area contributed by atoms with Crippen molar-refractivity contribution in [3.8, 4) is 0 Å². The Bertz CT molecular complexity index is 506. The Kier molecular flexibility index (Phi) is 4.13. The smallest absolute Gasteiger partial charge is 0.257 e. The molecule has 0 aromatic carbocycles. The molecule has 0 radical (unpaired) electrons. The molecule has 0 bridgehead atoms. The highest BCUT2D eigenvalue weighted by molar-refractivity contribution is 6.16. The molecule has 0 fully saturated rings. The summed E-state index contributed by atoms with van der Waals surface area (Å²) in [6.07, 6.45) is 3.10. The van der Waals surface area contributed by atoms with Gasteiger partial charge in [0.15, 0.2) is 5.82 Å². The number of nitrogens with zero attached hydrogens (tertiary/aromatic N) is 4. The molecule has 2 rings (SSSR count). The van der Waals surface area contributed by atoms with E-state index in [1.54, 1.807) is 18.3 Å². The number of hydrogen-bond acceptors (Lipinski definition) is 5. The molecule has 6 heteroatoms. The predicted molar refractivity (Wildman–Crippen MR) is 78.2 cm³/mol. The van der Waals surface area contributed by atoms with Gasteiger partial charge in [0.05, 0.1) is 11.6 Å². The molecule has 1 atom stereocenters. The molecule has 0 saturated heterocycles. The third kappa shape index (κ3) is 2.85. The molecule has 0 saturated carbocycles. The van der Waals surface area contributed by atoms with Crippen LogP contribution in [0, 0.1) is 11.3 Å². The van der Waals surface area contributed by atoms with Crippen molar-refractivity contribution in [3.05, 3.63) is 18.3 Å². The third-order valence-corrected chi connectivity index (χ3v) is 3.29. The number of nitrogens with two attached hydrogens (primary N) is 1. The summed E-state index contributed by atoms with van der Waals surface area (Å²) in [6.45, 7) is 6.77. The number of anilines is 1. The Labute approximate surface area is 119 Å². The first kappa shape index (κ1) is 14.6. The predicted octanol–water partition coefficient (Wildman–Crippen LogP) is 1.58. The van der Waals surface area contributed by atoms with Crippen molar-refractivity contribution in [2.24, 2.45) is 22.2 Å². The Hall–Kier alpha value is -1.82. The van der Waals surface area contributed by atoms with Gasteiger partial charge in [-0.2, -0.15) is 15.2 Å². The first-order valence-electron chi connectivity index (χ1n) is 6.86. The van der Waals surface area contributed by atoms with Gasteiger partial charge in [-0.3, -0.25) is 4.79 Å². The summed E-state index contributed by atoms with van der Waals surface area (Å²) >= 11 is 0. The molecule has 20 heavy (non-hydrogen) atoms. The van der Waals surface area contributed by atoms with Crippen molar-refractivity contribution < 1.29 is 4.79 Å². The highest BCUT2D eigenvalue weighted by atomic mass is 16.2. The van der Waals surface area contributed by atoms with Crippen molar-refractivity contribution in [1.29, 1.82) is 0 Å². The normalized spacial score (nSPS) is 19.4. The van der Waals surface area contributed by atoms with Crippen molar-refractivity contribution in [2.75, 3.05) is 11.6 Å². The lowest BCUT2D eigenvalue weighted by Crippen LogP contribution is -2.32. The second-order valence-corrected chi connectivity index (χ2v) is 5.95. The molecular weight excluding hydrogens is 254 g/mol. The highest BCUT2D eigenvalue weighted by Crippen LogP contribution is 2.32. The fraction of sp³-hybridized carbons (Fsp3) is 0.571. The van der Waals surface area contributed by atoms with E-state index in [9.17, 15) is 4.79 Å². The summed E-state index contributed by atoms with van der Waals surface area (Å²) in [5, 5.41) is 13.6. The Morgan fingerprint density at radius 1 is 1.40 bits per heavy atom. The fourth-order valence-corrected chi connectivity index (χ4v) is 2.32. The summed E-state index contributed by atoms with van der Waals surface area (Å²) in [5.74, 6) is 0.221. The van der Waals surface area contributed by atoms with Gasteiger partial charge in [0.25, 0.3) is 5.91 Å². The van der Waals surface area contributed by atoms with Gasteiger partial charge >= 0.3 is 0 Å². The van der Waals surface area contributed by atoms with Crippen molar-refractivity contribution in [2.45, 2.75) is 33.6 Å². The number of aromatic nitrogens is 2. The van der Waals surface area contributed by atoms with Crippen LogP contribution < -0.4 is 10.7 Å². The molecule has 1 unspecified atom stereocenters. The van der Waals surface area contributed by atoms with E-state index in [2.05, 4.69) is 36.1 Å². The minimum Gasteiger partial charge on any atom is -0.330 e. The lowest BCUT2D eigenvalue weighted by atomic mass is 9.80. The first-order chi connectivity index (χ1) is 9.45. The van der Waals surface area contributed by atoms with Gasteiger partial charge in [-0.05, 0) is 31.5 Å². The van der Waals surface area contributed by atoms with Crippen LogP contribution in [-0.2, 0) is 4.79 Å². The molecule has 1 aromatic heterocycles. The van der Waals surface area contributed by atoms with E-state index in [4.69, 9.17) is 5.73 Å². The summed E-state index contributed by atoms with van der Waals surface area (Å²) in [4.78, 5) is 12.6. The van der Waals surface area contributed by atoms with Crippen LogP contribution in [0.3, 0.4) is 0 Å². The molecule has 1 aromatic rings. The molecule has 1 aliphatic rings. The zero-order chi connectivity index (χ0) is 14.8. The Balaban J connectivity index is 2.33. The SMILES string of the molecule is CC(C)(C)C1=NN(c2cccnn2)C(=O)C1CCCN. The minimum absolute atomic E-state index is 0.0381. The first-order valence-corrected chi connectivity index (χ1v) is 6.86. The Morgan fingerprint density at radius 2 is 2.15 bits per heavy atom. The molecule has 1 aliphatic heterocycles. The average molecular weight is 275 g/mol. The maximum absolute atomic E-state index is 12.6. The zero-order valence-corrected chi connectivity index (χ0v) is 12.2. The van der Waals surface area contributed by atoms with Gasteiger partial charge in [0, 0.05) is 11.6 Å². The topological polar surface area (TPSA) is 84.5 Å². The molecule has 2 N–H and O–H groups in total. The number of hydrazone groups is 1. The van der Waals surface area contributed by atoms with Gasteiger partial charge in [-0.1, -0.05) is 20.8 Å². The van der Waals surface area contributed by atoms with Gasteiger partial charge in [0.2, 0.25) is 0 Å². The molecule has 108 valence electrons. The van der Waals surface area contributed by atoms with Gasteiger partial charge in [-0.25, -0.2) is 0 Å². The van der Waals surface area contributed by atoms with Crippen LogP contribution in [0.5, 0.6) is 0 Å². The Morgan fingerprint density at radius 3 is 2.70 bits per heavy atom. The van der Waals surface area contributed by atoms with E-state index in [0.717, 1.165) is 18.6 Å². The maximum atomic E-state index is 12.6. The largest absolute Gasteiger partial charge is 0.330 e. The summed E-state index contributed by atoms with van der Waals surface area (Å²) in [5.41, 5.74) is 6.29. The summed E-state index contributed by atoms with van der Waals surface area (Å²) in [7, 11) is 0. The second kappa shape index (κ2) is 5.66. The molecule has 1 amide bonds. The number of carbonyl (C=O) groups is 1. The molecule has 6 nitrogen and oxygen atoms in total. The third-order valence-electron chi connectivity index (χ3n) is 3.29. The lowest BCUT2D eigenvalue weighted by Gasteiger charge is -2.22. The second-order valence-electron chi connectivity index (χ2n) is 5.95. The van der Waals surface area contributed by atoms with Crippen LogP contribution in [0.4, 0.5) is 5.82 Å². The van der Waals surface area contributed by atoms with Gasteiger partial charge in [-0.15, -0.1) is 5.10 Å². The zero-order valence-electron chi connectivity index (χ0n) is 12.2. The standard InChI is InChI=1S/C14H21N5O/c1-14(2,3)12-10(6-4-8-15)13(20)19(18-12)11-7-5-9-16-17-11/h5,7,9-10H,4,6,8,15H2,1-3H3. The van der Waals surface area contributed by atoms with Crippen molar-refractivity contribution >= 4 is 17.4 Å². The highest BCUT2D eigenvalue weighted by Gasteiger charge is 2.41. The summed E-state index contributed by atoms with van der Waals surface area (Å²) in [6, 6.07) is 3.48. The number of carbonyl (C=O) groups excluding carboxylic acids is 1. The number of amides is 1. The number of hydrogen-bond donors (Lipinski definition) is 1. The van der Waals surface area contributed by atoms with Gasteiger partial charge < -0.3 is 5.73 Å². The molecular formula is C14H21N5O. The van der Waals surface area contributed by atoms with E-state index in [-0.39, 0.29) is 17.2 Å². The quantitative estimate of drug-likeness (QED) is 0.904. The van der Waals surface area contributed by atoms with Crippen LogP contribution in [0.1, 0.15) is 33.6 Å². The van der Waals surface area contributed by atoms with E-state index >= 15 is 0 Å². The van der Waals surface area contributed by atoms with Crippen LogP contribution in [0.25, 0.3) is 0 Å². The molecule has 2 heterocycles. The summed E-state index contributed by atoms with van der Waals surface area (Å²) < 4.78 is 0. The van der Waals surface area contributed by atoms with Crippen LogP contribution in [0.15, 0.2) is 23.4 Å². The van der Waals surface area contributed by atoms with E-state index in [0.29, 0.717) is 12.4 Å². The van der Waals surface area contributed by atoms with Gasteiger partial charge in [0.1, 0.15) is 0 Å². The van der Waals surface area contributed by atoms with Crippen LogP contribution in [-0.4, -0.2) is 28.4 Å². The molecule has 0 spiro atoms. The van der Waals surface area contributed by atoms with E-state index in [1.165, 1.54) is 5.01 Å². The minimum atomic E-state index is -0.208. The van der Waals surface area contributed by atoms with Crippen molar-refractivity contribution in [1.82, 2.24) is 10.2 Å². The van der Waals surface area contributed by atoms with E-state index < -0.39 is 0 Å².